The predicted molar refractivity (Wildman–Crippen MR) is 79.1 cm³/mol. The van der Waals surface area contributed by atoms with Crippen LogP contribution < -0.4 is 9.64 Å². The van der Waals surface area contributed by atoms with Gasteiger partial charge in [-0.1, -0.05) is 29.8 Å². The topological polar surface area (TPSA) is 49.1 Å². The highest BCUT2D eigenvalue weighted by molar-refractivity contribution is 6.29. The van der Waals surface area contributed by atoms with Gasteiger partial charge in [0.25, 0.3) is 0 Å². The third-order valence-electron chi connectivity index (χ3n) is 2.90. The second kappa shape index (κ2) is 6.27. The number of nitriles is 1. The molecule has 0 saturated carbocycles. The summed E-state index contributed by atoms with van der Waals surface area (Å²) in [5.74, 6) is 1.47. The zero-order valence-corrected chi connectivity index (χ0v) is 12.1. The molecule has 1 heterocycles. The van der Waals surface area contributed by atoms with Crippen LogP contribution in [0, 0.1) is 11.3 Å². The number of benzene rings is 1. The van der Waals surface area contributed by atoms with E-state index in [1.165, 1.54) is 0 Å². The van der Waals surface area contributed by atoms with E-state index in [1.54, 1.807) is 19.2 Å². The first kappa shape index (κ1) is 14.2. The second-order valence-corrected chi connectivity index (χ2v) is 4.70. The van der Waals surface area contributed by atoms with Gasteiger partial charge in [0.1, 0.15) is 16.7 Å². The Morgan fingerprint density at radius 1 is 1.35 bits per heavy atom. The maximum Gasteiger partial charge on any atom is 0.132 e. The first-order valence-corrected chi connectivity index (χ1v) is 6.42. The number of hydrogen-bond donors (Lipinski definition) is 0. The quantitative estimate of drug-likeness (QED) is 0.810. The van der Waals surface area contributed by atoms with Gasteiger partial charge in [0.15, 0.2) is 0 Å². The monoisotopic (exact) mass is 287 g/mol. The normalized spacial score (nSPS) is 9.90. The largest absolute Gasteiger partial charge is 0.496 e. The molecule has 20 heavy (non-hydrogen) atoms. The van der Waals surface area contributed by atoms with Gasteiger partial charge < -0.3 is 9.64 Å². The Bertz CT molecular complexity index is 652. The fraction of sp³-hybridized carbons (Fsp3) is 0.200. The molecule has 0 bridgehead atoms. The number of ether oxygens (including phenoxy) is 1. The highest BCUT2D eigenvalue weighted by atomic mass is 35.5. The van der Waals surface area contributed by atoms with Crippen molar-refractivity contribution < 1.29 is 4.74 Å². The molecule has 4 nitrogen and oxygen atoms in total. The molecule has 2 rings (SSSR count). The van der Waals surface area contributed by atoms with Crippen molar-refractivity contribution in [2.45, 2.75) is 6.54 Å². The van der Waals surface area contributed by atoms with Gasteiger partial charge in [0, 0.05) is 19.2 Å². The Labute approximate surface area is 123 Å². The van der Waals surface area contributed by atoms with Crippen LogP contribution in [0.1, 0.15) is 11.1 Å². The van der Waals surface area contributed by atoms with Gasteiger partial charge in [0.05, 0.1) is 18.7 Å². The van der Waals surface area contributed by atoms with E-state index in [0.717, 1.165) is 11.3 Å². The Kier molecular flexibility index (Phi) is 4.44. The summed E-state index contributed by atoms with van der Waals surface area (Å²) in [5.41, 5.74) is 1.53. The van der Waals surface area contributed by atoms with Gasteiger partial charge in [0.2, 0.25) is 0 Å². The number of para-hydroxylation sites is 1. The summed E-state index contributed by atoms with van der Waals surface area (Å²) >= 11 is 5.92. The minimum absolute atomic E-state index is 0.311. The van der Waals surface area contributed by atoms with Crippen molar-refractivity contribution in [1.82, 2.24) is 4.98 Å². The minimum Gasteiger partial charge on any atom is -0.496 e. The molecule has 0 atom stereocenters. The fourth-order valence-corrected chi connectivity index (χ4v) is 2.12. The van der Waals surface area contributed by atoms with Crippen molar-refractivity contribution in [2.24, 2.45) is 0 Å². The molecule has 0 radical (unpaired) electrons. The fourth-order valence-electron chi connectivity index (χ4n) is 1.91. The maximum absolute atomic E-state index is 8.97. The van der Waals surface area contributed by atoms with Crippen LogP contribution in [-0.4, -0.2) is 19.1 Å². The van der Waals surface area contributed by atoms with E-state index in [0.29, 0.717) is 23.1 Å². The molecule has 0 aliphatic heterocycles. The van der Waals surface area contributed by atoms with Crippen LogP contribution >= 0.6 is 11.6 Å². The molecule has 2 aromatic rings. The van der Waals surface area contributed by atoms with Crippen LogP contribution in [0.5, 0.6) is 5.75 Å². The summed E-state index contributed by atoms with van der Waals surface area (Å²) in [6.07, 6.45) is 0. The van der Waals surface area contributed by atoms with Crippen molar-refractivity contribution in [2.75, 3.05) is 19.1 Å². The third kappa shape index (κ3) is 3.19. The van der Waals surface area contributed by atoms with Crippen LogP contribution in [0.15, 0.2) is 36.4 Å². The lowest BCUT2D eigenvalue weighted by molar-refractivity contribution is 0.409. The molecule has 0 spiro atoms. The van der Waals surface area contributed by atoms with E-state index in [2.05, 4.69) is 11.1 Å². The Morgan fingerprint density at radius 3 is 2.80 bits per heavy atom. The average molecular weight is 288 g/mol. The lowest BCUT2D eigenvalue weighted by Crippen LogP contribution is -2.18. The van der Waals surface area contributed by atoms with Crippen molar-refractivity contribution in [3.05, 3.63) is 52.7 Å². The third-order valence-corrected chi connectivity index (χ3v) is 3.09. The number of rotatable bonds is 4. The van der Waals surface area contributed by atoms with E-state index < -0.39 is 0 Å². The summed E-state index contributed by atoms with van der Waals surface area (Å²) in [7, 11) is 3.54. The maximum atomic E-state index is 8.97. The number of halogens is 1. The van der Waals surface area contributed by atoms with Gasteiger partial charge in [-0.05, 0) is 18.2 Å². The van der Waals surface area contributed by atoms with Crippen molar-refractivity contribution in [3.8, 4) is 11.8 Å². The molecule has 0 fully saturated rings. The molecule has 0 unspecified atom stereocenters. The minimum atomic E-state index is 0.311. The first-order chi connectivity index (χ1) is 9.63. The Balaban J connectivity index is 2.26. The highest BCUT2D eigenvalue weighted by Gasteiger charge is 2.09. The van der Waals surface area contributed by atoms with Crippen molar-refractivity contribution in [1.29, 1.82) is 5.26 Å². The summed E-state index contributed by atoms with van der Waals surface area (Å²) in [6, 6.07) is 13.1. The molecular weight excluding hydrogens is 274 g/mol. The van der Waals surface area contributed by atoms with E-state index in [9.17, 15) is 0 Å². The Hall–Kier alpha value is -2.25. The smallest absolute Gasteiger partial charge is 0.132 e. The first-order valence-electron chi connectivity index (χ1n) is 6.04. The van der Waals surface area contributed by atoms with Crippen molar-refractivity contribution >= 4 is 17.4 Å². The van der Waals surface area contributed by atoms with Crippen LogP contribution in [-0.2, 0) is 6.54 Å². The van der Waals surface area contributed by atoms with Crippen LogP contribution in [0.4, 0.5) is 5.82 Å². The molecule has 0 saturated heterocycles. The van der Waals surface area contributed by atoms with Crippen molar-refractivity contribution in [3.63, 3.8) is 0 Å². The molecule has 0 aliphatic carbocycles. The number of nitrogens with zero attached hydrogens (tertiary/aromatic N) is 3. The number of hydrogen-bond acceptors (Lipinski definition) is 4. The van der Waals surface area contributed by atoms with Gasteiger partial charge in [-0.15, -0.1) is 0 Å². The van der Waals surface area contributed by atoms with Gasteiger partial charge in [-0.3, -0.25) is 0 Å². The molecule has 102 valence electrons. The SMILES string of the molecule is COc1ccccc1CN(C)c1cc(C#N)cc(Cl)n1. The molecule has 0 N–H and O–H groups in total. The van der Waals surface area contributed by atoms with Crippen LogP contribution in [0.2, 0.25) is 5.15 Å². The number of aromatic nitrogens is 1. The number of methoxy groups -OCH3 is 1. The predicted octanol–water partition coefficient (Wildman–Crippen LogP) is 3.25. The van der Waals surface area contributed by atoms with Crippen LogP contribution in [0.25, 0.3) is 0 Å². The molecule has 1 aromatic heterocycles. The zero-order chi connectivity index (χ0) is 14.5. The Morgan fingerprint density at radius 2 is 2.10 bits per heavy atom. The highest BCUT2D eigenvalue weighted by Crippen LogP contribution is 2.22. The average Bonchev–Trinajstić information content (AvgIpc) is 2.47. The standard InChI is InChI=1S/C15H14ClN3O/c1-19(10-12-5-3-4-6-13(12)20-2)15-8-11(9-17)7-14(16)18-15/h3-8H,10H2,1-2H3. The molecule has 1 aromatic carbocycles. The van der Waals surface area contributed by atoms with E-state index in [-0.39, 0.29) is 0 Å². The van der Waals surface area contributed by atoms with Crippen LogP contribution in [0.3, 0.4) is 0 Å². The molecule has 0 amide bonds. The lowest BCUT2D eigenvalue weighted by atomic mass is 10.2. The second-order valence-electron chi connectivity index (χ2n) is 4.32. The van der Waals surface area contributed by atoms with E-state index >= 15 is 0 Å². The molecule has 5 heteroatoms. The summed E-state index contributed by atoms with van der Waals surface area (Å²) in [4.78, 5) is 6.15. The van der Waals surface area contributed by atoms with Gasteiger partial charge in [-0.25, -0.2) is 4.98 Å². The van der Waals surface area contributed by atoms with E-state index in [1.807, 2.05) is 36.2 Å². The summed E-state index contributed by atoms with van der Waals surface area (Å²) in [6.45, 7) is 0.613. The molecular formula is C15H14ClN3O. The summed E-state index contributed by atoms with van der Waals surface area (Å²) < 4.78 is 5.33. The summed E-state index contributed by atoms with van der Waals surface area (Å²) in [5, 5.41) is 9.28. The van der Waals surface area contributed by atoms with E-state index in [4.69, 9.17) is 21.6 Å². The molecule has 0 aliphatic rings. The van der Waals surface area contributed by atoms with Gasteiger partial charge in [-0.2, -0.15) is 5.26 Å². The van der Waals surface area contributed by atoms with Gasteiger partial charge >= 0.3 is 0 Å². The number of anilines is 1. The number of pyridine rings is 1. The lowest BCUT2D eigenvalue weighted by Gasteiger charge is -2.20. The zero-order valence-electron chi connectivity index (χ0n) is 11.3.